The van der Waals surface area contributed by atoms with E-state index < -0.39 is 26.4 Å². The molecule has 3 N–H and O–H groups in total. The first-order valence-corrected chi connectivity index (χ1v) is 6.41. The molecule has 0 aromatic carbocycles. The van der Waals surface area contributed by atoms with Gasteiger partial charge in [-0.1, -0.05) is 6.58 Å². The Balaban J connectivity index is 3.65. The van der Waals surface area contributed by atoms with Gasteiger partial charge in [-0.05, 0) is 6.92 Å². The van der Waals surface area contributed by atoms with Gasteiger partial charge in [0.25, 0.3) is 0 Å². The van der Waals surface area contributed by atoms with Crippen molar-refractivity contribution in [1.29, 1.82) is 0 Å². The van der Waals surface area contributed by atoms with Crippen LogP contribution >= 0.6 is 8.03 Å². The molecule has 0 aliphatic rings. The fourth-order valence-corrected chi connectivity index (χ4v) is 1.60. The van der Waals surface area contributed by atoms with Gasteiger partial charge in [-0.15, -0.1) is 0 Å². The lowest BCUT2D eigenvalue weighted by molar-refractivity contribution is -0.133. The minimum Gasteiger partial charge on any atom is -0.478 e. The highest BCUT2D eigenvalue weighted by molar-refractivity contribution is 7.39. The SMILES string of the molecule is C=C(COCC[PH](=O)OC(O)C(C)O)C(=O)O. The van der Waals surface area contributed by atoms with E-state index in [-0.39, 0.29) is 24.9 Å². The van der Waals surface area contributed by atoms with Crippen LogP contribution in [0, 0.1) is 0 Å². The van der Waals surface area contributed by atoms with Crippen LogP contribution < -0.4 is 0 Å². The van der Waals surface area contributed by atoms with E-state index in [4.69, 9.17) is 20.1 Å². The van der Waals surface area contributed by atoms with Gasteiger partial charge in [0.2, 0.25) is 0 Å². The summed E-state index contributed by atoms with van der Waals surface area (Å²) in [5.74, 6) is -1.15. The van der Waals surface area contributed by atoms with E-state index >= 15 is 0 Å². The summed E-state index contributed by atoms with van der Waals surface area (Å²) in [6.45, 7) is 4.40. The molecule has 0 aliphatic heterocycles. The number of aliphatic carboxylic acids is 1. The molecular weight excluding hydrogens is 251 g/mol. The lowest BCUT2D eigenvalue weighted by Crippen LogP contribution is -2.23. The largest absolute Gasteiger partial charge is 0.478 e. The molecule has 0 saturated carbocycles. The number of ether oxygens (including phenoxy) is 1. The second kappa shape index (κ2) is 8.38. The maximum absolute atomic E-state index is 11.2. The molecule has 7 nitrogen and oxygen atoms in total. The molecule has 0 amide bonds. The molecule has 3 atom stereocenters. The predicted molar refractivity (Wildman–Crippen MR) is 60.2 cm³/mol. The van der Waals surface area contributed by atoms with Gasteiger partial charge in [0.15, 0.2) is 14.3 Å². The normalized spacial score (nSPS) is 16.2. The van der Waals surface area contributed by atoms with Crippen LogP contribution in [0.4, 0.5) is 0 Å². The van der Waals surface area contributed by atoms with Crippen molar-refractivity contribution in [3.05, 3.63) is 12.2 Å². The summed E-state index contributed by atoms with van der Waals surface area (Å²) in [6.07, 6.45) is -2.59. The topological polar surface area (TPSA) is 113 Å². The Morgan fingerprint density at radius 3 is 2.53 bits per heavy atom. The van der Waals surface area contributed by atoms with Crippen LogP contribution in [-0.4, -0.2) is 53.1 Å². The average Bonchev–Trinajstić information content (AvgIpc) is 2.23. The second-order valence-electron chi connectivity index (χ2n) is 3.33. The van der Waals surface area contributed by atoms with Gasteiger partial charge in [0, 0.05) is 6.16 Å². The smallest absolute Gasteiger partial charge is 0.333 e. The Kier molecular flexibility index (Phi) is 8.03. The third kappa shape index (κ3) is 8.06. The van der Waals surface area contributed by atoms with E-state index in [9.17, 15) is 9.36 Å². The van der Waals surface area contributed by atoms with E-state index in [1.807, 2.05) is 0 Å². The summed E-state index contributed by atoms with van der Waals surface area (Å²) in [5.41, 5.74) is -0.102. The number of hydrogen-bond donors (Lipinski definition) is 3. The summed E-state index contributed by atoms with van der Waals surface area (Å²) in [4.78, 5) is 10.3. The summed E-state index contributed by atoms with van der Waals surface area (Å²) in [6, 6.07) is 0. The van der Waals surface area contributed by atoms with Gasteiger partial charge in [-0.2, -0.15) is 0 Å². The fourth-order valence-electron chi connectivity index (χ4n) is 0.705. The molecule has 0 rings (SSSR count). The van der Waals surface area contributed by atoms with Crippen molar-refractivity contribution in [3.63, 3.8) is 0 Å². The number of hydrogen-bond acceptors (Lipinski definition) is 6. The summed E-state index contributed by atoms with van der Waals surface area (Å²) < 4.78 is 20.7. The molecule has 17 heavy (non-hydrogen) atoms. The van der Waals surface area contributed by atoms with Crippen molar-refractivity contribution >= 4 is 14.0 Å². The second-order valence-corrected chi connectivity index (χ2v) is 4.81. The third-order valence-electron chi connectivity index (χ3n) is 1.69. The number of rotatable bonds is 9. The van der Waals surface area contributed by atoms with Crippen molar-refractivity contribution < 1.29 is 33.9 Å². The maximum atomic E-state index is 11.2. The highest BCUT2D eigenvalue weighted by Gasteiger charge is 2.14. The third-order valence-corrected chi connectivity index (χ3v) is 2.81. The van der Waals surface area contributed by atoms with Gasteiger partial charge in [0.05, 0.1) is 18.8 Å². The van der Waals surface area contributed by atoms with Crippen LogP contribution in [0.3, 0.4) is 0 Å². The molecule has 0 aromatic rings. The van der Waals surface area contributed by atoms with Gasteiger partial charge < -0.3 is 20.1 Å². The standard InChI is InChI=1S/C9H17O7P/c1-6(8(11)12)5-15-3-4-17(14)16-9(13)7(2)10/h7,9-10,13,17H,1,3-5H2,2H3,(H,11,12). The number of aliphatic hydroxyl groups excluding tert-OH is 2. The van der Waals surface area contributed by atoms with Crippen molar-refractivity contribution in [2.75, 3.05) is 19.4 Å². The summed E-state index contributed by atoms with van der Waals surface area (Å²) in [7, 11) is -2.51. The number of carbonyl (C=O) groups is 1. The monoisotopic (exact) mass is 268 g/mol. The van der Waals surface area contributed by atoms with Gasteiger partial charge in [0.1, 0.15) is 6.10 Å². The van der Waals surface area contributed by atoms with Gasteiger partial charge in [-0.25, -0.2) is 4.79 Å². The molecular formula is C9H17O7P. The van der Waals surface area contributed by atoms with Crippen molar-refractivity contribution in [3.8, 4) is 0 Å². The first-order valence-electron chi connectivity index (χ1n) is 4.89. The van der Waals surface area contributed by atoms with Crippen LogP contribution in [0.2, 0.25) is 0 Å². The Hall–Kier alpha value is -0.720. The Labute approximate surface area is 99.5 Å². The molecule has 0 radical (unpaired) electrons. The first kappa shape index (κ1) is 16.3. The summed E-state index contributed by atoms with van der Waals surface area (Å²) >= 11 is 0. The van der Waals surface area contributed by atoms with Crippen molar-refractivity contribution in [2.24, 2.45) is 0 Å². The van der Waals surface area contributed by atoms with Crippen LogP contribution in [-0.2, 0) is 18.6 Å². The lowest BCUT2D eigenvalue weighted by atomic mass is 10.3. The molecule has 3 unspecified atom stereocenters. The predicted octanol–water partition coefficient (Wildman–Crippen LogP) is -0.166. The van der Waals surface area contributed by atoms with E-state index in [2.05, 4.69) is 11.1 Å². The van der Waals surface area contributed by atoms with Gasteiger partial charge >= 0.3 is 5.97 Å². The number of carboxylic acids is 1. The highest BCUT2D eigenvalue weighted by atomic mass is 31.1. The lowest BCUT2D eigenvalue weighted by Gasteiger charge is -2.13. The van der Waals surface area contributed by atoms with Crippen molar-refractivity contribution in [2.45, 2.75) is 19.3 Å². The van der Waals surface area contributed by atoms with Crippen LogP contribution in [0.5, 0.6) is 0 Å². The van der Waals surface area contributed by atoms with E-state index in [1.54, 1.807) is 0 Å². The van der Waals surface area contributed by atoms with Crippen LogP contribution in [0.1, 0.15) is 6.92 Å². The minimum atomic E-state index is -2.51. The quantitative estimate of drug-likeness (QED) is 0.230. The van der Waals surface area contributed by atoms with Crippen LogP contribution in [0.15, 0.2) is 12.2 Å². The van der Waals surface area contributed by atoms with Crippen LogP contribution in [0.25, 0.3) is 0 Å². The molecule has 0 heterocycles. The maximum Gasteiger partial charge on any atom is 0.333 e. The summed E-state index contributed by atoms with van der Waals surface area (Å²) in [5, 5.41) is 26.4. The Morgan fingerprint density at radius 2 is 2.06 bits per heavy atom. The Morgan fingerprint density at radius 1 is 1.47 bits per heavy atom. The molecule has 0 spiro atoms. The van der Waals surface area contributed by atoms with E-state index in [1.165, 1.54) is 6.92 Å². The molecule has 0 aliphatic carbocycles. The zero-order valence-corrected chi connectivity index (χ0v) is 10.5. The molecule has 0 bridgehead atoms. The molecule has 0 saturated heterocycles. The van der Waals surface area contributed by atoms with E-state index in [0.717, 1.165) is 0 Å². The van der Waals surface area contributed by atoms with E-state index in [0.29, 0.717) is 0 Å². The average molecular weight is 268 g/mol. The minimum absolute atomic E-state index is 0.0244. The molecule has 0 fully saturated rings. The zero-order chi connectivity index (χ0) is 13.4. The molecule has 0 aromatic heterocycles. The Bertz CT molecular complexity index is 289. The number of carboxylic acid groups (broad SMARTS) is 1. The molecule has 100 valence electrons. The van der Waals surface area contributed by atoms with Crippen molar-refractivity contribution in [1.82, 2.24) is 0 Å². The number of aliphatic hydroxyl groups is 2. The first-order chi connectivity index (χ1) is 7.84. The zero-order valence-electron chi connectivity index (χ0n) is 9.46. The molecule has 8 heteroatoms. The van der Waals surface area contributed by atoms with Gasteiger partial charge in [-0.3, -0.25) is 9.09 Å². The highest BCUT2D eigenvalue weighted by Crippen LogP contribution is 2.24. The fraction of sp³-hybridized carbons (Fsp3) is 0.667.